The van der Waals surface area contributed by atoms with E-state index in [4.69, 9.17) is 0 Å². The lowest BCUT2D eigenvalue weighted by Gasteiger charge is -2.18. The minimum atomic E-state index is -0.228. The molecular formula is C24H24N2O2. The first-order valence-corrected chi connectivity index (χ1v) is 9.22. The normalized spacial score (nSPS) is 10.4. The van der Waals surface area contributed by atoms with Crippen molar-refractivity contribution in [1.29, 1.82) is 0 Å². The molecule has 0 saturated heterocycles. The number of anilines is 1. The lowest BCUT2D eigenvalue weighted by atomic mass is 10.1. The van der Waals surface area contributed by atoms with Crippen LogP contribution in [0.2, 0.25) is 0 Å². The fourth-order valence-electron chi connectivity index (χ4n) is 3.02. The highest BCUT2D eigenvalue weighted by Crippen LogP contribution is 2.19. The van der Waals surface area contributed by atoms with E-state index in [1.165, 1.54) is 0 Å². The van der Waals surface area contributed by atoms with Gasteiger partial charge in [-0.1, -0.05) is 48.5 Å². The number of carbonyl (C=O) groups is 2. The first-order valence-electron chi connectivity index (χ1n) is 9.22. The Labute approximate surface area is 165 Å². The minimum absolute atomic E-state index is 0.120. The second kappa shape index (κ2) is 8.53. The van der Waals surface area contributed by atoms with Crippen LogP contribution in [-0.4, -0.2) is 23.8 Å². The Bertz CT molecular complexity index is 996. The Kier molecular flexibility index (Phi) is 5.90. The summed E-state index contributed by atoms with van der Waals surface area (Å²) in [5.41, 5.74) is 4.94. The first-order chi connectivity index (χ1) is 13.5. The number of nitrogens with zero attached hydrogens (tertiary/aromatic N) is 1. The summed E-state index contributed by atoms with van der Waals surface area (Å²) in [5.74, 6) is -0.348. The minimum Gasteiger partial charge on any atom is -0.337 e. The van der Waals surface area contributed by atoms with Crippen LogP contribution in [0.25, 0.3) is 0 Å². The van der Waals surface area contributed by atoms with Crippen LogP contribution in [0, 0.1) is 13.8 Å². The molecule has 0 fully saturated rings. The summed E-state index contributed by atoms with van der Waals surface area (Å²) in [6.45, 7) is 4.49. The zero-order valence-corrected chi connectivity index (χ0v) is 16.4. The molecule has 0 spiro atoms. The summed E-state index contributed by atoms with van der Waals surface area (Å²) in [5, 5.41) is 2.94. The summed E-state index contributed by atoms with van der Waals surface area (Å²) in [7, 11) is 1.76. The number of rotatable bonds is 5. The highest BCUT2D eigenvalue weighted by Gasteiger charge is 2.15. The Balaban J connectivity index is 1.75. The number of amides is 2. The van der Waals surface area contributed by atoms with Gasteiger partial charge in [-0.05, 0) is 54.8 Å². The summed E-state index contributed by atoms with van der Waals surface area (Å²) < 4.78 is 0. The Morgan fingerprint density at radius 3 is 2.29 bits per heavy atom. The molecule has 3 rings (SSSR count). The molecule has 4 heteroatoms. The molecule has 4 nitrogen and oxygen atoms in total. The number of benzene rings is 3. The van der Waals surface area contributed by atoms with Crippen LogP contribution in [0.5, 0.6) is 0 Å². The third kappa shape index (κ3) is 4.46. The maximum Gasteiger partial charge on any atom is 0.255 e. The molecule has 0 atom stereocenters. The van der Waals surface area contributed by atoms with Gasteiger partial charge in [-0.2, -0.15) is 0 Å². The molecule has 0 heterocycles. The van der Waals surface area contributed by atoms with Crippen LogP contribution in [0.1, 0.15) is 37.4 Å². The molecule has 0 bridgehead atoms. The monoisotopic (exact) mass is 372 g/mol. The molecule has 0 aliphatic carbocycles. The van der Waals surface area contributed by atoms with Gasteiger partial charge in [0.15, 0.2) is 0 Å². The van der Waals surface area contributed by atoms with Crippen LogP contribution in [0.4, 0.5) is 5.69 Å². The molecule has 0 saturated carbocycles. The molecule has 0 aliphatic rings. The van der Waals surface area contributed by atoms with E-state index in [2.05, 4.69) is 5.32 Å². The topological polar surface area (TPSA) is 49.4 Å². The van der Waals surface area contributed by atoms with Gasteiger partial charge < -0.3 is 10.2 Å². The van der Waals surface area contributed by atoms with Crippen molar-refractivity contribution < 1.29 is 9.59 Å². The Hall–Kier alpha value is -3.40. The van der Waals surface area contributed by atoms with E-state index in [9.17, 15) is 9.59 Å². The van der Waals surface area contributed by atoms with E-state index in [-0.39, 0.29) is 11.8 Å². The molecule has 28 heavy (non-hydrogen) atoms. The molecule has 3 aromatic carbocycles. The second-order valence-corrected chi connectivity index (χ2v) is 6.93. The SMILES string of the molecule is Cc1cccc(NC(=O)c2cccc(C(=O)N(C)Cc3ccccc3)c2)c1C. The van der Waals surface area contributed by atoms with E-state index in [0.29, 0.717) is 17.7 Å². The van der Waals surface area contributed by atoms with Gasteiger partial charge in [-0.3, -0.25) is 9.59 Å². The highest BCUT2D eigenvalue weighted by molar-refractivity contribution is 6.06. The molecule has 0 aromatic heterocycles. The average molecular weight is 372 g/mol. The summed E-state index contributed by atoms with van der Waals surface area (Å²) in [6, 6.07) is 22.4. The van der Waals surface area contributed by atoms with Crippen molar-refractivity contribution >= 4 is 17.5 Å². The Morgan fingerprint density at radius 2 is 1.54 bits per heavy atom. The van der Waals surface area contributed by atoms with E-state index in [1.54, 1.807) is 36.2 Å². The van der Waals surface area contributed by atoms with Crippen LogP contribution >= 0.6 is 0 Å². The second-order valence-electron chi connectivity index (χ2n) is 6.93. The molecule has 0 radical (unpaired) electrons. The molecule has 0 aliphatic heterocycles. The quantitative estimate of drug-likeness (QED) is 0.697. The van der Waals surface area contributed by atoms with Crippen molar-refractivity contribution in [2.45, 2.75) is 20.4 Å². The third-order valence-corrected chi connectivity index (χ3v) is 4.83. The molecular weight excluding hydrogens is 348 g/mol. The van der Waals surface area contributed by atoms with E-state index < -0.39 is 0 Å². The van der Waals surface area contributed by atoms with Crippen molar-refractivity contribution in [3.05, 3.63) is 101 Å². The lowest BCUT2D eigenvalue weighted by molar-refractivity contribution is 0.0785. The maximum atomic E-state index is 12.8. The predicted octanol–water partition coefficient (Wildman–Crippen LogP) is 4.83. The molecule has 2 amide bonds. The van der Waals surface area contributed by atoms with Crippen molar-refractivity contribution in [3.63, 3.8) is 0 Å². The Morgan fingerprint density at radius 1 is 0.857 bits per heavy atom. The first kappa shape index (κ1) is 19.4. The summed E-state index contributed by atoms with van der Waals surface area (Å²) >= 11 is 0. The molecule has 142 valence electrons. The highest BCUT2D eigenvalue weighted by atomic mass is 16.2. The predicted molar refractivity (Wildman–Crippen MR) is 113 cm³/mol. The van der Waals surface area contributed by atoms with Gasteiger partial charge in [-0.25, -0.2) is 0 Å². The molecule has 3 aromatic rings. The van der Waals surface area contributed by atoms with Gasteiger partial charge in [0.25, 0.3) is 11.8 Å². The van der Waals surface area contributed by atoms with Gasteiger partial charge >= 0.3 is 0 Å². The summed E-state index contributed by atoms with van der Waals surface area (Å²) in [6.07, 6.45) is 0. The maximum absolute atomic E-state index is 12.8. The number of aryl methyl sites for hydroxylation is 1. The van der Waals surface area contributed by atoms with Crippen molar-refractivity contribution in [3.8, 4) is 0 Å². The van der Waals surface area contributed by atoms with E-state index in [1.807, 2.05) is 62.4 Å². The van der Waals surface area contributed by atoms with Crippen LogP contribution in [0.15, 0.2) is 72.8 Å². The lowest BCUT2D eigenvalue weighted by Crippen LogP contribution is -2.26. The van der Waals surface area contributed by atoms with Gasteiger partial charge in [0, 0.05) is 30.4 Å². The number of carbonyl (C=O) groups excluding carboxylic acids is 2. The molecule has 1 N–H and O–H groups in total. The van der Waals surface area contributed by atoms with Crippen molar-refractivity contribution in [2.75, 3.05) is 12.4 Å². The fraction of sp³-hybridized carbons (Fsp3) is 0.167. The van der Waals surface area contributed by atoms with E-state index >= 15 is 0 Å². The van der Waals surface area contributed by atoms with Crippen LogP contribution in [0.3, 0.4) is 0 Å². The standard InChI is InChI=1S/C24H24N2O2/c1-17-9-7-14-22(18(17)2)25-23(27)20-12-8-13-21(15-20)24(28)26(3)16-19-10-5-4-6-11-19/h4-15H,16H2,1-3H3,(H,25,27). The number of nitrogens with one attached hydrogen (secondary N) is 1. The third-order valence-electron chi connectivity index (χ3n) is 4.83. The van der Waals surface area contributed by atoms with Crippen LogP contribution in [-0.2, 0) is 6.54 Å². The van der Waals surface area contributed by atoms with Gasteiger partial charge in [0.05, 0.1) is 0 Å². The number of hydrogen-bond donors (Lipinski definition) is 1. The van der Waals surface area contributed by atoms with Gasteiger partial charge in [0.1, 0.15) is 0 Å². The van der Waals surface area contributed by atoms with E-state index in [0.717, 1.165) is 22.4 Å². The zero-order valence-electron chi connectivity index (χ0n) is 16.4. The van der Waals surface area contributed by atoms with Crippen molar-refractivity contribution in [2.24, 2.45) is 0 Å². The van der Waals surface area contributed by atoms with Crippen LogP contribution < -0.4 is 5.32 Å². The smallest absolute Gasteiger partial charge is 0.255 e. The van der Waals surface area contributed by atoms with Gasteiger partial charge in [0.2, 0.25) is 0 Å². The van der Waals surface area contributed by atoms with Gasteiger partial charge in [-0.15, -0.1) is 0 Å². The average Bonchev–Trinajstić information content (AvgIpc) is 2.71. The fourth-order valence-corrected chi connectivity index (χ4v) is 3.02. The molecule has 0 unspecified atom stereocenters. The number of hydrogen-bond acceptors (Lipinski definition) is 2. The largest absolute Gasteiger partial charge is 0.337 e. The van der Waals surface area contributed by atoms with Crippen molar-refractivity contribution in [1.82, 2.24) is 4.90 Å². The zero-order chi connectivity index (χ0) is 20.1. The summed E-state index contributed by atoms with van der Waals surface area (Å²) in [4.78, 5) is 27.1.